The second-order valence-electron chi connectivity index (χ2n) is 5.29. The summed E-state index contributed by atoms with van der Waals surface area (Å²) in [6, 6.07) is 10.7. The fourth-order valence-electron chi connectivity index (χ4n) is 2.91. The van der Waals surface area contributed by atoms with Gasteiger partial charge in [-0.25, -0.2) is 4.68 Å². The van der Waals surface area contributed by atoms with Crippen molar-refractivity contribution < 1.29 is 0 Å². The topological polar surface area (TPSA) is 47.1 Å². The fourth-order valence-corrected chi connectivity index (χ4v) is 2.91. The van der Waals surface area contributed by atoms with Gasteiger partial charge in [0, 0.05) is 17.8 Å². The van der Waals surface area contributed by atoms with Crippen LogP contribution in [-0.2, 0) is 0 Å². The van der Waals surface area contributed by atoms with E-state index in [1.54, 1.807) is 0 Å². The molecular formula is C15H20N4. The quantitative estimate of drug-likeness (QED) is 0.893. The van der Waals surface area contributed by atoms with Crippen LogP contribution in [0.1, 0.15) is 24.4 Å². The van der Waals surface area contributed by atoms with E-state index in [0.29, 0.717) is 0 Å². The minimum Gasteiger partial charge on any atom is -0.326 e. The van der Waals surface area contributed by atoms with Crippen molar-refractivity contribution in [3.8, 4) is 5.69 Å². The third-order valence-electron chi connectivity index (χ3n) is 3.89. The van der Waals surface area contributed by atoms with E-state index in [9.17, 15) is 0 Å². The van der Waals surface area contributed by atoms with Crippen molar-refractivity contribution >= 4 is 0 Å². The molecule has 2 N–H and O–H groups in total. The van der Waals surface area contributed by atoms with Crippen LogP contribution < -0.4 is 5.73 Å². The number of likely N-dealkylation sites (N-methyl/N-ethyl adjacent to an activating group) is 1. The highest BCUT2D eigenvalue weighted by atomic mass is 15.3. The summed E-state index contributed by atoms with van der Waals surface area (Å²) < 4.78 is 1.92. The summed E-state index contributed by atoms with van der Waals surface area (Å²) in [5, 5.41) is 4.46. The predicted molar refractivity (Wildman–Crippen MR) is 76.1 cm³/mol. The Morgan fingerprint density at radius 1 is 1.26 bits per heavy atom. The molecule has 2 aromatic rings. The summed E-state index contributed by atoms with van der Waals surface area (Å²) in [5.74, 6) is 0. The summed E-state index contributed by atoms with van der Waals surface area (Å²) in [6.45, 7) is 1.11. The Kier molecular flexibility index (Phi) is 3.36. The molecule has 1 aromatic heterocycles. The lowest BCUT2D eigenvalue weighted by atomic mass is 9.93. The first-order chi connectivity index (χ1) is 9.25. The molecule has 1 aliphatic rings. The number of aromatic nitrogens is 2. The van der Waals surface area contributed by atoms with Gasteiger partial charge in [-0.3, -0.25) is 4.90 Å². The average molecular weight is 256 g/mol. The first kappa shape index (κ1) is 12.4. The molecule has 3 rings (SSSR count). The molecule has 0 amide bonds. The van der Waals surface area contributed by atoms with E-state index in [0.717, 1.165) is 18.7 Å². The van der Waals surface area contributed by atoms with Gasteiger partial charge in [-0.1, -0.05) is 18.2 Å². The van der Waals surface area contributed by atoms with Gasteiger partial charge < -0.3 is 5.73 Å². The van der Waals surface area contributed by atoms with Crippen LogP contribution in [-0.4, -0.2) is 34.3 Å². The summed E-state index contributed by atoms with van der Waals surface area (Å²) >= 11 is 0. The third-order valence-corrected chi connectivity index (χ3v) is 3.89. The highest BCUT2D eigenvalue weighted by molar-refractivity contribution is 5.31. The largest absolute Gasteiger partial charge is 0.326 e. The lowest BCUT2D eigenvalue weighted by molar-refractivity contribution is 0.163. The Morgan fingerprint density at radius 2 is 2.05 bits per heavy atom. The molecular weight excluding hydrogens is 236 g/mol. The predicted octanol–water partition coefficient (Wildman–Crippen LogP) is 1.97. The highest BCUT2D eigenvalue weighted by Gasteiger charge is 2.28. The van der Waals surface area contributed by atoms with Gasteiger partial charge in [0.15, 0.2) is 0 Å². The van der Waals surface area contributed by atoms with Crippen molar-refractivity contribution in [1.29, 1.82) is 0 Å². The monoisotopic (exact) mass is 256 g/mol. The molecule has 1 saturated heterocycles. The summed E-state index contributed by atoms with van der Waals surface area (Å²) in [7, 11) is 2.14. The van der Waals surface area contributed by atoms with E-state index in [4.69, 9.17) is 5.73 Å². The molecule has 4 heteroatoms. The van der Waals surface area contributed by atoms with E-state index in [1.807, 2.05) is 29.1 Å². The minimum absolute atomic E-state index is 0.201. The van der Waals surface area contributed by atoms with E-state index in [2.05, 4.69) is 35.4 Å². The normalized spacial score (nSPS) is 24.5. The van der Waals surface area contributed by atoms with Crippen LogP contribution in [0.2, 0.25) is 0 Å². The second kappa shape index (κ2) is 5.15. The Morgan fingerprint density at radius 3 is 2.79 bits per heavy atom. The Hall–Kier alpha value is -1.65. The molecule has 0 aliphatic carbocycles. The lowest BCUT2D eigenvalue weighted by Gasteiger charge is -2.36. The van der Waals surface area contributed by atoms with Crippen molar-refractivity contribution in [2.24, 2.45) is 5.73 Å². The molecule has 0 radical (unpaired) electrons. The minimum atomic E-state index is 0.201. The van der Waals surface area contributed by atoms with E-state index >= 15 is 0 Å². The van der Waals surface area contributed by atoms with Crippen molar-refractivity contribution in [1.82, 2.24) is 14.7 Å². The van der Waals surface area contributed by atoms with Crippen LogP contribution in [0, 0.1) is 0 Å². The maximum Gasteiger partial charge on any atom is 0.0645 e. The van der Waals surface area contributed by atoms with Crippen LogP contribution in [0.5, 0.6) is 0 Å². The molecule has 1 aliphatic heterocycles. The molecule has 0 spiro atoms. The van der Waals surface area contributed by atoms with Gasteiger partial charge in [0.1, 0.15) is 0 Å². The zero-order valence-electron chi connectivity index (χ0n) is 11.2. The highest BCUT2D eigenvalue weighted by Crippen LogP contribution is 2.28. The van der Waals surface area contributed by atoms with Gasteiger partial charge in [0.05, 0.1) is 17.9 Å². The Labute approximate surface area is 113 Å². The number of rotatable bonds is 2. The molecule has 0 bridgehead atoms. The third kappa shape index (κ3) is 2.41. The zero-order valence-corrected chi connectivity index (χ0v) is 11.2. The first-order valence-corrected chi connectivity index (χ1v) is 6.81. The van der Waals surface area contributed by atoms with Gasteiger partial charge in [0.25, 0.3) is 0 Å². The number of benzene rings is 1. The average Bonchev–Trinajstić information content (AvgIpc) is 2.89. The number of hydrogen-bond donors (Lipinski definition) is 1. The number of piperidine rings is 1. The molecule has 2 heterocycles. The van der Waals surface area contributed by atoms with E-state index in [-0.39, 0.29) is 12.1 Å². The maximum absolute atomic E-state index is 6.27. The summed E-state index contributed by atoms with van der Waals surface area (Å²) in [4.78, 5) is 2.33. The van der Waals surface area contributed by atoms with Crippen LogP contribution in [0.3, 0.4) is 0 Å². The van der Waals surface area contributed by atoms with Gasteiger partial charge in [-0.2, -0.15) is 5.10 Å². The van der Waals surface area contributed by atoms with Crippen molar-refractivity contribution in [3.05, 3.63) is 48.3 Å². The Balaban J connectivity index is 1.88. The number of hydrogen-bond acceptors (Lipinski definition) is 3. The van der Waals surface area contributed by atoms with Crippen LogP contribution >= 0.6 is 0 Å². The molecule has 2 atom stereocenters. The molecule has 2 unspecified atom stereocenters. The Bertz CT molecular complexity index is 524. The van der Waals surface area contributed by atoms with Gasteiger partial charge in [-0.15, -0.1) is 0 Å². The summed E-state index contributed by atoms with van der Waals surface area (Å²) in [5.41, 5.74) is 8.56. The van der Waals surface area contributed by atoms with Crippen LogP contribution in [0.15, 0.2) is 42.7 Å². The second-order valence-corrected chi connectivity index (χ2v) is 5.29. The van der Waals surface area contributed by atoms with Crippen LogP contribution in [0.25, 0.3) is 5.69 Å². The lowest BCUT2D eigenvalue weighted by Crippen LogP contribution is -2.43. The summed E-state index contributed by atoms with van der Waals surface area (Å²) in [6.07, 6.45) is 6.31. The van der Waals surface area contributed by atoms with Crippen molar-refractivity contribution in [2.75, 3.05) is 13.6 Å². The number of nitrogens with zero attached hydrogens (tertiary/aromatic N) is 3. The van der Waals surface area contributed by atoms with Gasteiger partial charge in [-0.05, 0) is 38.6 Å². The first-order valence-electron chi connectivity index (χ1n) is 6.81. The SMILES string of the molecule is CN1CCCC(N)C1c1cnn(-c2ccccc2)c1. The van der Waals surface area contributed by atoms with Crippen LogP contribution in [0.4, 0.5) is 0 Å². The maximum atomic E-state index is 6.27. The number of nitrogens with two attached hydrogens (primary N) is 1. The van der Waals surface area contributed by atoms with E-state index in [1.165, 1.54) is 12.0 Å². The standard InChI is InChI=1S/C15H20N4/c1-18-9-5-8-14(16)15(18)12-10-17-19(11-12)13-6-3-2-4-7-13/h2-4,6-7,10-11,14-15H,5,8-9,16H2,1H3. The molecule has 0 saturated carbocycles. The number of para-hydroxylation sites is 1. The van der Waals surface area contributed by atoms with E-state index < -0.39 is 0 Å². The van der Waals surface area contributed by atoms with Crippen molar-refractivity contribution in [3.63, 3.8) is 0 Å². The zero-order chi connectivity index (χ0) is 13.2. The molecule has 1 aromatic carbocycles. The molecule has 4 nitrogen and oxygen atoms in total. The van der Waals surface area contributed by atoms with Gasteiger partial charge in [0.2, 0.25) is 0 Å². The molecule has 100 valence electrons. The smallest absolute Gasteiger partial charge is 0.0645 e. The van der Waals surface area contributed by atoms with Gasteiger partial charge >= 0.3 is 0 Å². The number of likely N-dealkylation sites (tertiary alicyclic amines) is 1. The molecule has 19 heavy (non-hydrogen) atoms. The molecule has 1 fully saturated rings. The van der Waals surface area contributed by atoms with Crippen molar-refractivity contribution in [2.45, 2.75) is 24.9 Å². The fraction of sp³-hybridized carbons (Fsp3) is 0.400.